The molecule has 1 aromatic carbocycles. The number of benzene rings is 1. The van der Waals surface area contributed by atoms with Gasteiger partial charge in [0.2, 0.25) is 0 Å². The molecule has 18 heavy (non-hydrogen) atoms. The Kier molecular flexibility index (Phi) is 2.46. The van der Waals surface area contributed by atoms with Crippen LogP contribution < -0.4 is 5.73 Å². The highest BCUT2D eigenvalue weighted by Crippen LogP contribution is 2.35. The molecule has 0 radical (unpaired) electrons. The van der Waals surface area contributed by atoms with Crippen LogP contribution in [0.15, 0.2) is 18.2 Å². The quantitative estimate of drug-likeness (QED) is 0.831. The van der Waals surface area contributed by atoms with Gasteiger partial charge in [-0.1, -0.05) is 11.6 Å². The maximum absolute atomic E-state index is 6.42. The van der Waals surface area contributed by atoms with Crippen molar-refractivity contribution in [3.05, 3.63) is 40.6 Å². The molecule has 0 saturated carbocycles. The number of aromatic nitrogens is 1. The van der Waals surface area contributed by atoms with E-state index in [4.69, 9.17) is 10.7 Å². The first-order valence-corrected chi connectivity index (χ1v) is 6.68. The molecule has 2 heteroatoms. The fourth-order valence-corrected chi connectivity index (χ4v) is 3.11. The molecule has 94 valence electrons. The second-order valence-electron chi connectivity index (χ2n) is 6.01. The number of hydrogen-bond donors (Lipinski definition) is 1. The SMILES string of the molecule is Cc1ccc2nc3c(c(C(C)(C)N)c2c1)CCC3. The Balaban J connectivity index is 2.44. The molecule has 0 unspecified atom stereocenters. The van der Waals surface area contributed by atoms with Crippen molar-refractivity contribution in [2.24, 2.45) is 5.73 Å². The van der Waals surface area contributed by atoms with Crippen LogP contribution in [-0.2, 0) is 18.4 Å². The Labute approximate surface area is 108 Å². The van der Waals surface area contributed by atoms with Crippen molar-refractivity contribution in [2.75, 3.05) is 0 Å². The van der Waals surface area contributed by atoms with E-state index in [1.54, 1.807) is 0 Å². The van der Waals surface area contributed by atoms with Gasteiger partial charge < -0.3 is 5.73 Å². The van der Waals surface area contributed by atoms with Crippen molar-refractivity contribution in [3.63, 3.8) is 0 Å². The molecule has 0 spiro atoms. The molecule has 0 saturated heterocycles. The second-order valence-corrected chi connectivity index (χ2v) is 6.01. The molecule has 0 atom stereocenters. The lowest BCUT2D eigenvalue weighted by atomic mass is 9.87. The van der Waals surface area contributed by atoms with E-state index in [2.05, 4.69) is 39.0 Å². The van der Waals surface area contributed by atoms with Crippen LogP contribution in [0.2, 0.25) is 0 Å². The number of fused-ring (bicyclic) bond motifs is 2. The molecular formula is C16H20N2. The first-order chi connectivity index (χ1) is 8.47. The van der Waals surface area contributed by atoms with E-state index in [9.17, 15) is 0 Å². The van der Waals surface area contributed by atoms with Gasteiger partial charge in [0.05, 0.1) is 5.52 Å². The standard InChI is InChI=1S/C16H20N2/c1-10-7-8-14-12(9-10)15(16(2,3)17)11-5-4-6-13(11)18-14/h7-9H,4-6,17H2,1-3H3. The molecule has 0 fully saturated rings. The number of aryl methyl sites for hydroxylation is 2. The zero-order chi connectivity index (χ0) is 12.9. The fourth-order valence-electron chi connectivity index (χ4n) is 3.11. The maximum Gasteiger partial charge on any atom is 0.0709 e. The molecule has 2 nitrogen and oxygen atoms in total. The van der Waals surface area contributed by atoms with E-state index in [1.165, 1.54) is 34.2 Å². The van der Waals surface area contributed by atoms with E-state index in [1.807, 2.05) is 0 Å². The summed E-state index contributed by atoms with van der Waals surface area (Å²) in [5.74, 6) is 0. The third-order valence-corrected chi connectivity index (χ3v) is 3.81. The van der Waals surface area contributed by atoms with Gasteiger partial charge in [-0.25, -0.2) is 0 Å². The highest BCUT2D eigenvalue weighted by atomic mass is 14.8. The van der Waals surface area contributed by atoms with Gasteiger partial charge in [-0.2, -0.15) is 0 Å². The van der Waals surface area contributed by atoms with Crippen LogP contribution in [0.1, 0.15) is 42.7 Å². The van der Waals surface area contributed by atoms with Crippen LogP contribution in [0.4, 0.5) is 0 Å². The minimum atomic E-state index is -0.302. The minimum absolute atomic E-state index is 0.302. The third kappa shape index (κ3) is 1.72. The van der Waals surface area contributed by atoms with Crippen molar-refractivity contribution < 1.29 is 0 Å². The molecule has 2 N–H and O–H groups in total. The molecule has 1 aromatic heterocycles. The summed E-state index contributed by atoms with van der Waals surface area (Å²) < 4.78 is 0. The summed E-state index contributed by atoms with van der Waals surface area (Å²) in [5.41, 5.74) is 12.5. The van der Waals surface area contributed by atoms with Gasteiger partial charge in [0, 0.05) is 16.6 Å². The van der Waals surface area contributed by atoms with Crippen molar-refractivity contribution in [1.82, 2.24) is 4.98 Å². The average Bonchev–Trinajstić information content (AvgIpc) is 2.71. The van der Waals surface area contributed by atoms with Crippen LogP contribution in [0.25, 0.3) is 10.9 Å². The smallest absolute Gasteiger partial charge is 0.0709 e. The van der Waals surface area contributed by atoms with Gasteiger partial charge in [0.15, 0.2) is 0 Å². The van der Waals surface area contributed by atoms with Crippen molar-refractivity contribution in [3.8, 4) is 0 Å². The first-order valence-electron chi connectivity index (χ1n) is 6.68. The van der Waals surface area contributed by atoms with Crippen LogP contribution >= 0.6 is 0 Å². The lowest BCUT2D eigenvalue weighted by Gasteiger charge is -2.25. The molecule has 0 bridgehead atoms. The van der Waals surface area contributed by atoms with Gasteiger partial charge in [0.1, 0.15) is 0 Å². The lowest BCUT2D eigenvalue weighted by molar-refractivity contribution is 0.553. The van der Waals surface area contributed by atoms with Gasteiger partial charge in [-0.3, -0.25) is 4.98 Å². The summed E-state index contributed by atoms with van der Waals surface area (Å²) in [5, 5.41) is 1.24. The fraction of sp³-hybridized carbons (Fsp3) is 0.438. The number of nitrogens with zero attached hydrogens (tertiary/aromatic N) is 1. The van der Waals surface area contributed by atoms with Crippen molar-refractivity contribution in [2.45, 2.75) is 45.6 Å². The zero-order valence-electron chi connectivity index (χ0n) is 11.4. The van der Waals surface area contributed by atoms with Gasteiger partial charge in [-0.05, 0) is 63.3 Å². The molecule has 0 amide bonds. The zero-order valence-corrected chi connectivity index (χ0v) is 11.4. The Bertz CT molecular complexity index is 621. The summed E-state index contributed by atoms with van der Waals surface area (Å²) in [6.45, 7) is 6.32. The highest BCUT2D eigenvalue weighted by Gasteiger charge is 2.27. The van der Waals surface area contributed by atoms with E-state index in [0.717, 1.165) is 18.4 Å². The third-order valence-electron chi connectivity index (χ3n) is 3.81. The number of rotatable bonds is 1. The number of nitrogens with two attached hydrogens (primary N) is 1. The lowest BCUT2D eigenvalue weighted by Crippen LogP contribution is -2.30. The Morgan fingerprint density at radius 1 is 1.22 bits per heavy atom. The van der Waals surface area contributed by atoms with E-state index < -0.39 is 0 Å². The second kappa shape index (κ2) is 3.79. The molecule has 1 aliphatic carbocycles. The monoisotopic (exact) mass is 240 g/mol. The van der Waals surface area contributed by atoms with E-state index >= 15 is 0 Å². The summed E-state index contributed by atoms with van der Waals surface area (Å²) >= 11 is 0. The van der Waals surface area contributed by atoms with Crippen molar-refractivity contribution in [1.29, 1.82) is 0 Å². The summed E-state index contributed by atoms with van der Waals surface area (Å²) in [6, 6.07) is 6.48. The predicted molar refractivity (Wildman–Crippen MR) is 75.7 cm³/mol. The van der Waals surface area contributed by atoms with E-state index in [-0.39, 0.29) is 5.54 Å². The van der Waals surface area contributed by atoms with Gasteiger partial charge in [0.25, 0.3) is 0 Å². The molecular weight excluding hydrogens is 220 g/mol. The largest absolute Gasteiger partial charge is 0.322 e. The summed E-state index contributed by atoms with van der Waals surface area (Å²) in [7, 11) is 0. The first kappa shape index (κ1) is 11.7. The summed E-state index contributed by atoms with van der Waals surface area (Å²) in [6.07, 6.45) is 3.44. The molecule has 3 rings (SSSR count). The van der Waals surface area contributed by atoms with Crippen LogP contribution in [-0.4, -0.2) is 4.98 Å². The maximum atomic E-state index is 6.42. The number of hydrogen-bond acceptors (Lipinski definition) is 2. The minimum Gasteiger partial charge on any atom is -0.322 e. The highest BCUT2D eigenvalue weighted by molar-refractivity contribution is 5.85. The Morgan fingerprint density at radius 2 is 2.00 bits per heavy atom. The molecule has 0 aliphatic heterocycles. The Morgan fingerprint density at radius 3 is 2.72 bits per heavy atom. The van der Waals surface area contributed by atoms with Gasteiger partial charge in [-0.15, -0.1) is 0 Å². The normalized spacial score (nSPS) is 15.1. The summed E-state index contributed by atoms with van der Waals surface area (Å²) in [4.78, 5) is 4.82. The van der Waals surface area contributed by atoms with Crippen LogP contribution in [0.3, 0.4) is 0 Å². The van der Waals surface area contributed by atoms with E-state index in [0.29, 0.717) is 0 Å². The average molecular weight is 240 g/mol. The molecule has 1 aliphatic rings. The predicted octanol–water partition coefficient (Wildman–Crippen LogP) is 3.23. The van der Waals surface area contributed by atoms with Crippen LogP contribution in [0, 0.1) is 6.92 Å². The topological polar surface area (TPSA) is 38.9 Å². The van der Waals surface area contributed by atoms with Gasteiger partial charge >= 0.3 is 0 Å². The number of pyridine rings is 1. The van der Waals surface area contributed by atoms with Crippen molar-refractivity contribution >= 4 is 10.9 Å². The molecule has 2 aromatic rings. The molecule has 1 heterocycles. The Hall–Kier alpha value is -1.41. The van der Waals surface area contributed by atoms with Crippen LogP contribution in [0.5, 0.6) is 0 Å².